The van der Waals surface area contributed by atoms with Crippen molar-refractivity contribution in [3.05, 3.63) is 46.3 Å². The fourth-order valence-electron chi connectivity index (χ4n) is 1.95. The second-order valence-electron chi connectivity index (χ2n) is 4.08. The molecule has 3 rings (SSSR count). The van der Waals surface area contributed by atoms with Gasteiger partial charge in [-0.2, -0.15) is 4.72 Å². The van der Waals surface area contributed by atoms with E-state index in [1.165, 1.54) is 6.07 Å². The van der Waals surface area contributed by atoms with Crippen molar-refractivity contribution < 1.29 is 13.2 Å². The molecule has 4 nitrogen and oxygen atoms in total. The summed E-state index contributed by atoms with van der Waals surface area (Å²) in [5.74, 6) is 0.722. The number of para-hydroxylation sites is 1. The number of fused-ring (bicyclic) bond motifs is 1. The van der Waals surface area contributed by atoms with Crippen molar-refractivity contribution in [3.63, 3.8) is 0 Å². The van der Waals surface area contributed by atoms with Crippen molar-refractivity contribution in [1.82, 2.24) is 4.72 Å². The van der Waals surface area contributed by atoms with Crippen LogP contribution in [0.25, 0.3) is 0 Å². The molecule has 0 saturated carbocycles. The molecule has 0 radical (unpaired) electrons. The molecule has 1 aromatic heterocycles. The van der Waals surface area contributed by atoms with Crippen molar-refractivity contribution in [2.24, 2.45) is 0 Å². The highest BCUT2D eigenvalue weighted by Gasteiger charge is 2.29. The minimum atomic E-state index is -3.56. The molecule has 0 amide bonds. The summed E-state index contributed by atoms with van der Waals surface area (Å²) in [5, 5.41) is 0. The Kier molecular flexibility index (Phi) is 3.26. The lowest BCUT2D eigenvalue weighted by atomic mass is 10.1. The first-order valence-corrected chi connectivity index (χ1v) is 8.23. The molecule has 0 aliphatic carbocycles. The topological polar surface area (TPSA) is 55.4 Å². The van der Waals surface area contributed by atoms with Crippen LogP contribution in [0, 0.1) is 0 Å². The minimum absolute atomic E-state index is 0.210. The van der Waals surface area contributed by atoms with Crippen LogP contribution in [0.5, 0.6) is 5.75 Å². The molecule has 1 N–H and O–H groups in total. The standard InChI is InChI=1S/C12H10ClNO3S2/c13-11-5-6-12(18-11)19(15,16)14-9-7-17-10-4-2-1-3-8(9)10/h1-6,9,14H,7H2. The van der Waals surface area contributed by atoms with Crippen molar-refractivity contribution in [2.75, 3.05) is 6.61 Å². The van der Waals surface area contributed by atoms with Gasteiger partial charge in [-0.1, -0.05) is 29.8 Å². The maximum Gasteiger partial charge on any atom is 0.250 e. The Bertz CT molecular complexity index is 711. The summed E-state index contributed by atoms with van der Waals surface area (Å²) in [5.41, 5.74) is 0.855. The van der Waals surface area contributed by atoms with E-state index in [2.05, 4.69) is 4.72 Å². The quantitative estimate of drug-likeness (QED) is 0.947. The summed E-state index contributed by atoms with van der Waals surface area (Å²) >= 11 is 6.80. The van der Waals surface area contributed by atoms with Gasteiger partial charge in [0.15, 0.2) is 0 Å². The number of nitrogens with one attached hydrogen (secondary N) is 1. The number of benzene rings is 1. The van der Waals surface area contributed by atoms with E-state index >= 15 is 0 Å². The van der Waals surface area contributed by atoms with Crippen LogP contribution in [0.4, 0.5) is 0 Å². The lowest BCUT2D eigenvalue weighted by Crippen LogP contribution is -2.28. The van der Waals surface area contributed by atoms with Crippen molar-refractivity contribution in [3.8, 4) is 5.75 Å². The van der Waals surface area contributed by atoms with E-state index in [0.717, 1.165) is 22.6 Å². The van der Waals surface area contributed by atoms with E-state index < -0.39 is 10.0 Å². The molecule has 0 saturated heterocycles. The molecule has 1 atom stereocenters. The van der Waals surface area contributed by atoms with Gasteiger partial charge in [0.1, 0.15) is 16.6 Å². The van der Waals surface area contributed by atoms with E-state index in [1.54, 1.807) is 6.07 Å². The largest absolute Gasteiger partial charge is 0.491 e. The van der Waals surface area contributed by atoms with Crippen LogP contribution in [-0.2, 0) is 10.0 Å². The molecule has 7 heteroatoms. The molecule has 100 valence electrons. The number of hydrogen-bond acceptors (Lipinski definition) is 4. The number of halogens is 1. The maximum atomic E-state index is 12.2. The highest BCUT2D eigenvalue weighted by molar-refractivity contribution is 7.91. The van der Waals surface area contributed by atoms with Gasteiger partial charge >= 0.3 is 0 Å². The molecule has 2 heterocycles. The summed E-state index contributed by atoms with van der Waals surface area (Å²) in [6.45, 7) is 0.303. The van der Waals surface area contributed by atoms with Gasteiger partial charge in [0.25, 0.3) is 10.0 Å². The van der Waals surface area contributed by atoms with Gasteiger partial charge in [0, 0.05) is 5.56 Å². The summed E-state index contributed by atoms with van der Waals surface area (Å²) in [4.78, 5) is 0. The molecule has 0 spiro atoms. The monoisotopic (exact) mass is 315 g/mol. The predicted molar refractivity (Wildman–Crippen MR) is 74.3 cm³/mol. The van der Waals surface area contributed by atoms with Crippen LogP contribution >= 0.6 is 22.9 Å². The van der Waals surface area contributed by atoms with Crippen LogP contribution in [0.1, 0.15) is 11.6 Å². The smallest absolute Gasteiger partial charge is 0.250 e. The summed E-state index contributed by atoms with van der Waals surface area (Å²) < 4.78 is 33.1. The summed E-state index contributed by atoms with van der Waals surface area (Å²) in [7, 11) is -3.56. The van der Waals surface area contributed by atoms with E-state index in [-0.39, 0.29) is 10.3 Å². The van der Waals surface area contributed by atoms with E-state index in [9.17, 15) is 8.42 Å². The van der Waals surface area contributed by atoms with Crippen molar-refractivity contribution in [1.29, 1.82) is 0 Å². The number of ether oxygens (including phenoxy) is 1. The molecular formula is C12H10ClNO3S2. The zero-order chi connectivity index (χ0) is 13.5. The molecule has 1 aliphatic rings. The predicted octanol–water partition coefficient (Wildman–Crippen LogP) is 2.81. The molecular weight excluding hydrogens is 306 g/mol. The lowest BCUT2D eigenvalue weighted by molar-refractivity contribution is 0.325. The van der Waals surface area contributed by atoms with Crippen LogP contribution in [0.3, 0.4) is 0 Å². The van der Waals surface area contributed by atoms with Crippen LogP contribution < -0.4 is 9.46 Å². The average molecular weight is 316 g/mol. The first-order valence-electron chi connectivity index (χ1n) is 5.56. The highest BCUT2D eigenvalue weighted by Crippen LogP contribution is 2.33. The van der Waals surface area contributed by atoms with Gasteiger partial charge in [0.2, 0.25) is 0 Å². The number of hydrogen-bond donors (Lipinski definition) is 1. The molecule has 0 bridgehead atoms. The fraction of sp³-hybridized carbons (Fsp3) is 0.167. The molecule has 1 aliphatic heterocycles. The zero-order valence-electron chi connectivity index (χ0n) is 9.67. The van der Waals surface area contributed by atoms with Gasteiger partial charge in [-0.3, -0.25) is 0 Å². The molecule has 1 aromatic carbocycles. The Morgan fingerprint density at radius 2 is 2.05 bits per heavy atom. The van der Waals surface area contributed by atoms with E-state index in [0.29, 0.717) is 10.9 Å². The third-order valence-corrected chi connectivity index (χ3v) is 6.01. The van der Waals surface area contributed by atoms with Gasteiger partial charge in [-0.15, -0.1) is 11.3 Å². The fourth-order valence-corrected chi connectivity index (χ4v) is 4.65. The summed E-state index contributed by atoms with van der Waals surface area (Å²) in [6, 6.07) is 10.1. The third kappa shape index (κ3) is 2.49. The van der Waals surface area contributed by atoms with Gasteiger partial charge in [-0.05, 0) is 18.2 Å². The normalized spacial score (nSPS) is 18.1. The van der Waals surface area contributed by atoms with E-state index in [1.807, 2.05) is 24.3 Å². The first kappa shape index (κ1) is 12.9. The number of rotatable bonds is 3. The van der Waals surface area contributed by atoms with Crippen LogP contribution in [0.15, 0.2) is 40.6 Å². The Balaban J connectivity index is 1.87. The van der Waals surface area contributed by atoms with Crippen molar-refractivity contribution >= 4 is 33.0 Å². The Morgan fingerprint density at radius 1 is 1.26 bits per heavy atom. The van der Waals surface area contributed by atoms with E-state index in [4.69, 9.17) is 16.3 Å². The van der Waals surface area contributed by atoms with Crippen molar-refractivity contribution in [2.45, 2.75) is 10.3 Å². The Hall–Kier alpha value is -1.08. The molecule has 2 aromatic rings. The second-order valence-corrected chi connectivity index (χ2v) is 7.74. The van der Waals surface area contributed by atoms with Crippen LogP contribution in [0.2, 0.25) is 4.34 Å². The first-order chi connectivity index (χ1) is 9.06. The van der Waals surface area contributed by atoms with Gasteiger partial charge < -0.3 is 4.74 Å². The van der Waals surface area contributed by atoms with Gasteiger partial charge in [0.05, 0.1) is 10.4 Å². The van der Waals surface area contributed by atoms with Gasteiger partial charge in [-0.25, -0.2) is 8.42 Å². The molecule has 19 heavy (non-hydrogen) atoms. The molecule has 1 unspecified atom stereocenters. The Labute approximate surface area is 120 Å². The number of sulfonamides is 1. The molecule has 0 fully saturated rings. The van der Waals surface area contributed by atoms with Crippen LogP contribution in [-0.4, -0.2) is 15.0 Å². The lowest BCUT2D eigenvalue weighted by Gasteiger charge is -2.10. The minimum Gasteiger partial charge on any atom is -0.491 e. The Morgan fingerprint density at radius 3 is 2.79 bits per heavy atom. The average Bonchev–Trinajstić information content (AvgIpc) is 2.97. The summed E-state index contributed by atoms with van der Waals surface area (Å²) in [6.07, 6.45) is 0. The zero-order valence-corrected chi connectivity index (χ0v) is 12.1. The SMILES string of the molecule is O=S(=O)(NC1COc2ccccc21)c1ccc(Cl)s1. The maximum absolute atomic E-state index is 12.2. The highest BCUT2D eigenvalue weighted by atomic mass is 35.5. The third-order valence-electron chi connectivity index (χ3n) is 2.81. The number of thiophene rings is 1. The second kappa shape index (κ2) is 4.79.